The van der Waals surface area contributed by atoms with Gasteiger partial charge in [-0.2, -0.15) is 0 Å². The van der Waals surface area contributed by atoms with Crippen molar-refractivity contribution in [2.24, 2.45) is 0 Å². The molecule has 0 N–H and O–H groups in total. The molecule has 110 valence electrons. The molecule has 0 unspecified atom stereocenters. The van der Waals surface area contributed by atoms with Gasteiger partial charge in [-0.1, -0.05) is 0 Å². The molecule has 0 rings (SSSR count). The van der Waals surface area contributed by atoms with Gasteiger partial charge in [0.05, 0.1) is 0 Å². The Morgan fingerprint density at radius 1 is 0.667 bits per heavy atom. The second-order valence-electron chi connectivity index (χ2n) is 10.1. The molecule has 0 fully saturated rings. The Labute approximate surface area is 120 Å². The molecule has 0 bridgehead atoms. The average Bonchev–Trinajstić information content (AvgIpc) is 1.95. The SMILES string of the molecule is B[PH](C)(C[PH](B)(C(C)(C)C)C(C)(C)C)C(C)(C)C. The van der Waals surface area contributed by atoms with Crippen LogP contribution < -0.4 is 0 Å². The van der Waals surface area contributed by atoms with Crippen molar-refractivity contribution in [2.75, 3.05) is 12.6 Å². The average molecular weight is 290 g/mol. The first-order valence-electron chi connectivity index (χ1n) is 7.46. The Balaban J connectivity index is 5.58. The summed E-state index contributed by atoms with van der Waals surface area (Å²) in [7, 11) is 2.73. The van der Waals surface area contributed by atoms with Crippen LogP contribution in [0.15, 0.2) is 0 Å². The summed E-state index contributed by atoms with van der Waals surface area (Å²) in [5.74, 6) is 1.54. The van der Waals surface area contributed by atoms with E-state index in [-0.39, 0.29) is 0 Å². The zero-order valence-corrected chi connectivity index (χ0v) is 17.2. The van der Waals surface area contributed by atoms with Crippen LogP contribution in [0.2, 0.25) is 0 Å². The van der Waals surface area contributed by atoms with E-state index in [0.29, 0.717) is 15.5 Å². The minimum absolute atomic E-state index is 0.487. The van der Waals surface area contributed by atoms with Crippen molar-refractivity contribution in [3.8, 4) is 0 Å². The molecule has 18 heavy (non-hydrogen) atoms. The molecule has 0 amide bonds. The maximum absolute atomic E-state index is 2.66. The summed E-state index contributed by atoms with van der Waals surface area (Å²) in [5.41, 5.74) is 0. The predicted octanol–water partition coefficient (Wildman–Crippen LogP) is 3.57. The summed E-state index contributed by atoms with van der Waals surface area (Å²) >= 11 is 0. The number of hydrogen-bond donors (Lipinski definition) is 0. The fraction of sp³-hybridized carbons (Fsp3) is 1.00. The topological polar surface area (TPSA) is 0 Å². The zero-order chi connectivity index (χ0) is 15.2. The van der Waals surface area contributed by atoms with Gasteiger partial charge < -0.3 is 0 Å². The van der Waals surface area contributed by atoms with Gasteiger partial charge in [0.25, 0.3) is 0 Å². The van der Waals surface area contributed by atoms with Gasteiger partial charge in [0.2, 0.25) is 0 Å². The van der Waals surface area contributed by atoms with E-state index in [1.807, 2.05) is 0 Å². The molecule has 0 aromatic carbocycles. The fourth-order valence-corrected chi connectivity index (χ4v) is 18.5. The van der Waals surface area contributed by atoms with E-state index in [0.717, 1.165) is 0 Å². The molecule has 0 aliphatic rings. The Hall–Kier alpha value is 0.990. The van der Waals surface area contributed by atoms with Gasteiger partial charge in [0, 0.05) is 0 Å². The van der Waals surface area contributed by atoms with Crippen LogP contribution in [0, 0.1) is 0 Å². The summed E-state index contributed by atoms with van der Waals surface area (Å²) in [6, 6.07) is 0. The molecule has 0 nitrogen and oxygen atoms in total. The van der Waals surface area contributed by atoms with E-state index in [4.69, 9.17) is 0 Å². The van der Waals surface area contributed by atoms with Crippen molar-refractivity contribution in [3.63, 3.8) is 0 Å². The molecule has 0 saturated heterocycles. The van der Waals surface area contributed by atoms with Gasteiger partial charge in [-0.15, -0.1) is 0 Å². The van der Waals surface area contributed by atoms with Crippen LogP contribution in [0.25, 0.3) is 0 Å². The van der Waals surface area contributed by atoms with Crippen molar-refractivity contribution in [1.82, 2.24) is 0 Å². The van der Waals surface area contributed by atoms with Crippen molar-refractivity contribution < 1.29 is 0 Å². The van der Waals surface area contributed by atoms with Crippen molar-refractivity contribution in [1.29, 1.82) is 0 Å². The molecule has 0 heterocycles. The van der Waals surface area contributed by atoms with Crippen LogP contribution in [0.5, 0.6) is 0 Å². The number of rotatable bonds is 2. The Morgan fingerprint density at radius 2 is 0.944 bits per heavy atom. The van der Waals surface area contributed by atoms with Crippen LogP contribution >= 0.6 is 14.3 Å². The summed E-state index contributed by atoms with van der Waals surface area (Å²) < 4.78 is 0. The van der Waals surface area contributed by atoms with Crippen LogP contribution in [-0.4, -0.2) is 43.2 Å². The van der Waals surface area contributed by atoms with E-state index in [1.54, 1.807) is 0 Å². The number of hydrogen-bond acceptors (Lipinski definition) is 0. The second-order valence-corrected chi connectivity index (χ2v) is 22.5. The second kappa shape index (κ2) is 5.07. The van der Waals surface area contributed by atoms with Crippen molar-refractivity contribution in [2.45, 2.75) is 77.8 Å². The summed E-state index contributed by atoms with van der Waals surface area (Å²) in [6.45, 7) is 24.9. The van der Waals surface area contributed by atoms with E-state index in [9.17, 15) is 0 Å². The Morgan fingerprint density at radius 3 is 1.11 bits per heavy atom. The first-order chi connectivity index (χ1) is 7.46. The van der Waals surface area contributed by atoms with Gasteiger partial charge in [0.1, 0.15) is 0 Å². The molecule has 0 saturated carbocycles. The standard InChI is InChI=1S/C14H38B2P2/c1-12(2,3)17(10,15)11-18(16,13(4,5)6)14(7,8)9/h17-18H,11,15-16H2,1-10H3. The molecule has 0 aliphatic carbocycles. The quantitative estimate of drug-likeness (QED) is 0.539. The molecule has 0 aromatic rings. The van der Waals surface area contributed by atoms with Crippen molar-refractivity contribution in [3.05, 3.63) is 0 Å². The fourth-order valence-electron chi connectivity index (χ4n) is 2.80. The normalized spacial score (nSPS) is 17.7. The molecule has 0 radical (unpaired) electrons. The van der Waals surface area contributed by atoms with Crippen LogP contribution in [0.4, 0.5) is 0 Å². The summed E-state index contributed by atoms with van der Waals surface area (Å²) in [5, 5.41) is 1.49. The maximum atomic E-state index is 2.66. The van der Waals surface area contributed by atoms with Crippen molar-refractivity contribution >= 4 is 29.4 Å². The third-order valence-corrected chi connectivity index (χ3v) is 23.2. The van der Waals surface area contributed by atoms with E-state index >= 15 is 0 Å². The zero-order valence-electron chi connectivity index (χ0n) is 15.2. The third-order valence-electron chi connectivity index (χ3n) is 6.14. The Bertz CT molecular complexity index is 276. The Kier molecular flexibility index (Phi) is 5.35. The molecule has 4 heteroatoms. The van der Waals surface area contributed by atoms with Gasteiger partial charge in [0.15, 0.2) is 0 Å². The summed E-state index contributed by atoms with van der Waals surface area (Å²) in [6.07, 6.45) is 0. The first-order valence-corrected chi connectivity index (χ1v) is 13.4. The van der Waals surface area contributed by atoms with Gasteiger partial charge >= 0.3 is 120 Å². The first kappa shape index (κ1) is 19.0. The van der Waals surface area contributed by atoms with E-state index < -0.39 is 14.3 Å². The predicted molar refractivity (Wildman–Crippen MR) is 104 cm³/mol. The molecular formula is C14H38B2P2. The van der Waals surface area contributed by atoms with Crippen LogP contribution in [-0.2, 0) is 0 Å². The van der Waals surface area contributed by atoms with Gasteiger partial charge in [-0.3, -0.25) is 0 Å². The van der Waals surface area contributed by atoms with Crippen LogP contribution in [0.1, 0.15) is 62.3 Å². The molecular weight excluding hydrogens is 252 g/mol. The summed E-state index contributed by atoms with van der Waals surface area (Å²) in [4.78, 5) is 0. The monoisotopic (exact) mass is 290 g/mol. The molecule has 0 spiro atoms. The van der Waals surface area contributed by atoms with Gasteiger partial charge in [-0.05, 0) is 0 Å². The van der Waals surface area contributed by atoms with Gasteiger partial charge in [-0.25, -0.2) is 0 Å². The van der Waals surface area contributed by atoms with E-state index in [2.05, 4.69) is 84.1 Å². The molecule has 0 atom stereocenters. The molecule has 0 aliphatic heterocycles. The van der Waals surface area contributed by atoms with Crippen LogP contribution in [0.3, 0.4) is 0 Å². The third kappa shape index (κ3) is 3.76. The minimum atomic E-state index is -1.34. The molecule has 0 aromatic heterocycles. The van der Waals surface area contributed by atoms with E-state index in [1.165, 1.54) is 5.90 Å².